The van der Waals surface area contributed by atoms with Gasteiger partial charge in [0, 0.05) is 31.7 Å². The number of aromatic amines is 1. The Hall–Kier alpha value is -2.97. The minimum Gasteiger partial charge on any atom is -0.337 e. The molecule has 2 aromatic carbocycles. The number of hydrogen-bond acceptors (Lipinski definition) is 4. The minimum absolute atomic E-state index is 0.0745. The van der Waals surface area contributed by atoms with Crippen LogP contribution in [0.1, 0.15) is 28.2 Å². The highest BCUT2D eigenvalue weighted by Gasteiger charge is 2.32. The van der Waals surface area contributed by atoms with E-state index in [-0.39, 0.29) is 17.3 Å². The number of nitrogens with one attached hydrogen (secondary N) is 1. The highest BCUT2D eigenvalue weighted by molar-refractivity contribution is 7.89. The number of sulfonamides is 1. The van der Waals surface area contributed by atoms with Crippen LogP contribution in [0.15, 0.2) is 59.5 Å². The zero-order valence-electron chi connectivity index (χ0n) is 17.7. The Bertz CT molecular complexity index is 1150. The summed E-state index contributed by atoms with van der Waals surface area (Å²) in [5, 5.41) is 6.76. The Morgan fingerprint density at radius 3 is 2.23 bits per heavy atom. The molecule has 0 unspecified atom stereocenters. The number of carbonyl (C=O) groups excluding carboxylic acids is 1. The molecule has 2 heterocycles. The average Bonchev–Trinajstić information content (AvgIpc) is 2.97. The first kappa shape index (κ1) is 21.3. The van der Waals surface area contributed by atoms with Crippen molar-refractivity contribution in [1.82, 2.24) is 19.4 Å². The third-order valence-electron chi connectivity index (χ3n) is 5.64. The number of nitrogens with zero attached hydrogens (tertiary/aromatic N) is 3. The zero-order valence-corrected chi connectivity index (χ0v) is 18.5. The second-order valence-corrected chi connectivity index (χ2v) is 9.63. The van der Waals surface area contributed by atoms with Crippen molar-refractivity contribution in [2.75, 3.05) is 26.2 Å². The van der Waals surface area contributed by atoms with Crippen LogP contribution in [-0.2, 0) is 10.0 Å². The molecule has 0 atom stereocenters. The van der Waals surface area contributed by atoms with Crippen molar-refractivity contribution in [2.45, 2.75) is 25.2 Å². The summed E-state index contributed by atoms with van der Waals surface area (Å²) in [5.41, 5.74) is 3.76. The van der Waals surface area contributed by atoms with Crippen molar-refractivity contribution in [2.24, 2.45) is 0 Å². The molecule has 7 nitrogen and oxygen atoms in total. The van der Waals surface area contributed by atoms with Crippen molar-refractivity contribution in [3.05, 3.63) is 71.5 Å². The lowest BCUT2D eigenvalue weighted by Crippen LogP contribution is -2.37. The van der Waals surface area contributed by atoms with Crippen LogP contribution < -0.4 is 0 Å². The van der Waals surface area contributed by atoms with E-state index in [1.807, 2.05) is 54.6 Å². The summed E-state index contributed by atoms with van der Waals surface area (Å²) < 4.78 is 27.7. The third kappa shape index (κ3) is 4.26. The summed E-state index contributed by atoms with van der Waals surface area (Å²) in [6.45, 7) is 4.91. The lowest BCUT2D eigenvalue weighted by atomic mass is 10.0. The number of aromatic nitrogens is 2. The van der Waals surface area contributed by atoms with E-state index in [0.29, 0.717) is 43.0 Å². The van der Waals surface area contributed by atoms with Crippen LogP contribution in [-0.4, -0.2) is 59.9 Å². The van der Waals surface area contributed by atoms with Crippen LogP contribution in [0.5, 0.6) is 0 Å². The third-order valence-corrected chi connectivity index (χ3v) is 7.80. The van der Waals surface area contributed by atoms with Gasteiger partial charge in [-0.3, -0.25) is 9.89 Å². The van der Waals surface area contributed by atoms with Crippen LogP contribution in [0.3, 0.4) is 0 Å². The van der Waals surface area contributed by atoms with Crippen molar-refractivity contribution in [1.29, 1.82) is 0 Å². The first-order valence-corrected chi connectivity index (χ1v) is 11.8. The number of amides is 1. The Morgan fingerprint density at radius 1 is 0.903 bits per heavy atom. The molecule has 1 fully saturated rings. The van der Waals surface area contributed by atoms with E-state index in [0.717, 1.165) is 11.1 Å². The smallest absolute Gasteiger partial charge is 0.253 e. The standard InChI is InChI=1S/C23H26N4O3S/c1-17-22(18(2)25-24-17)31(29,30)27-14-6-13-26(15-16-27)23(28)21-11-9-20(10-12-21)19-7-4-3-5-8-19/h3-5,7-12H,6,13-16H2,1-2H3,(H,24,25). The maximum absolute atomic E-state index is 13.1. The summed E-state index contributed by atoms with van der Waals surface area (Å²) in [5.74, 6) is -0.0745. The molecule has 3 aromatic rings. The Balaban J connectivity index is 1.47. The Morgan fingerprint density at radius 2 is 1.58 bits per heavy atom. The second kappa shape index (κ2) is 8.64. The molecule has 1 saturated heterocycles. The average molecular weight is 439 g/mol. The molecule has 0 saturated carbocycles. The molecule has 31 heavy (non-hydrogen) atoms. The van der Waals surface area contributed by atoms with Gasteiger partial charge in [-0.1, -0.05) is 42.5 Å². The highest BCUT2D eigenvalue weighted by Crippen LogP contribution is 2.24. The van der Waals surface area contributed by atoms with E-state index < -0.39 is 10.0 Å². The van der Waals surface area contributed by atoms with Gasteiger partial charge in [-0.15, -0.1) is 0 Å². The molecule has 0 aliphatic carbocycles. The number of H-pyrrole nitrogens is 1. The van der Waals surface area contributed by atoms with Crippen LogP contribution in [0.25, 0.3) is 11.1 Å². The molecule has 4 rings (SSSR count). The molecular formula is C23H26N4O3S. The van der Waals surface area contributed by atoms with E-state index in [1.54, 1.807) is 18.7 Å². The topological polar surface area (TPSA) is 86.4 Å². The highest BCUT2D eigenvalue weighted by atomic mass is 32.2. The maximum Gasteiger partial charge on any atom is 0.253 e. The van der Waals surface area contributed by atoms with Crippen molar-refractivity contribution >= 4 is 15.9 Å². The number of carbonyl (C=O) groups is 1. The number of benzene rings is 2. The lowest BCUT2D eigenvalue weighted by molar-refractivity contribution is 0.0764. The number of aryl methyl sites for hydroxylation is 2. The Labute approximate surface area is 182 Å². The molecule has 1 N–H and O–H groups in total. The van der Waals surface area contributed by atoms with Gasteiger partial charge in [-0.25, -0.2) is 8.42 Å². The molecule has 162 valence electrons. The van der Waals surface area contributed by atoms with E-state index in [1.165, 1.54) is 4.31 Å². The molecule has 0 spiro atoms. The SMILES string of the molecule is Cc1n[nH]c(C)c1S(=O)(=O)N1CCCN(C(=O)c2ccc(-c3ccccc3)cc2)CC1. The van der Waals surface area contributed by atoms with Gasteiger partial charge in [-0.2, -0.15) is 9.40 Å². The van der Waals surface area contributed by atoms with E-state index in [4.69, 9.17) is 0 Å². The van der Waals surface area contributed by atoms with Gasteiger partial charge in [-0.05, 0) is 43.5 Å². The molecule has 8 heteroatoms. The largest absolute Gasteiger partial charge is 0.337 e. The van der Waals surface area contributed by atoms with Gasteiger partial charge in [0.15, 0.2) is 0 Å². The molecule has 1 aliphatic rings. The van der Waals surface area contributed by atoms with Gasteiger partial charge >= 0.3 is 0 Å². The first-order chi connectivity index (χ1) is 14.9. The Kier molecular flexibility index (Phi) is 5.93. The fourth-order valence-corrected chi connectivity index (χ4v) is 5.81. The number of hydrogen-bond donors (Lipinski definition) is 1. The summed E-state index contributed by atoms with van der Waals surface area (Å²) in [6.07, 6.45) is 0.586. The van der Waals surface area contributed by atoms with E-state index >= 15 is 0 Å². The minimum atomic E-state index is -3.65. The molecular weight excluding hydrogens is 412 g/mol. The first-order valence-electron chi connectivity index (χ1n) is 10.3. The van der Waals surface area contributed by atoms with Crippen LogP contribution in [0.2, 0.25) is 0 Å². The molecule has 0 bridgehead atoms. The molecule has 1 aromatic heterocycles. The molecule has 0 radical (unpaired) electrons. The van der Waals surface area contributed by atoms with Gasteiger partial charge in [0.2, 0.25) is 10.0 Å². The summed E-state index contributed by atoms with van der Waals surface area (Å²) in [6, 6.07) is 17.6. The predicted octanol–water partition coefficient (Wildman–Crippen LogP) is 3.23. The van der Waals surface area contributed by atoms with Crippen LogP contribution in [0.4, 0.5) is 0 Å². The monoisotopic (exact) mass is 438 g/mol. The van der Waals surface area contributed by atoms with Crippen LogP contribution in [0, 0.1) is 13.8 Å². The lowest BCUT2D eigenvalue weighted by Gasteiger charge is -2.22. The van der Waals surface area contributed by atoms with Gasteiger partial charge in [0.25, 0.3) is 5.91 Å². The van der Waals surface area contributed by atoms with Crippen molar-refractivity contribution in [3.8, 4) is 11.1 Å². The quantitative estimate of drug-likeness (QED) is 0.678. The fraction of sp³-hybridized carbons (Fsp3) is 0.304. The van der Waals surface area contributed by atoms with Gasteiger partial charge in [0.05, 0.1) is 11.4 Å². The summed E-state index contributed by atoms with van der Waals surface area (Å²) >= 11 is 0. The maximum atomic E-state index is 13.1. The fourth-order valence-electron chi connectivity index (χ4n) is 4.01. The zero-order chi connectivity index (χ0) is 22.0. The number of rotatable bonds is 4. The predicted molar refractivity (Wildman–Crippen MR) is 119 cm³/mol. The summed E-state index contributed by atoms with van der Waals surface area (Å²) in [7, 11) is -3.65. The van der Waals surface area contributed by atoms with Crippen molar-refractivity contribution < 1.29 is 13.2 Å². The normalized spacial score (nSPS) is 15.6. The van der Waals surface area contributed by atoms with E-state index in [2.05, 4.69) is 10.2 Å². The summed E-state index contributed by atoms with van der Waals surface area (Å²) in [4.78, 5) is 15.0. The van der Waals surface area contributed by atoms with Gasteiger partial charge < -0.3 is 4.90 Å². The molecule has 1 amide bonds. The van der Waals surface area contributed by atoms with Crippen LogP contribution >= 0.6 is 0 Å². The van der Waals surface area contributed by atoms with Gasteiger partial charge in [0.1, 0.15) is 4.90 Å². The molecule has 1 aliphatic heterocycles. The second-order valence-electron chi connectivity index (χ2n) is 7.76. The van der Waals surface area contributed by atoms with Crippen molar-refractivity contribution in [3.63, 3.8) is 0 Å². The van der Waals surface area contributed by atoms with E-state index in [9.17, 15) is 13.2 Å².